The van der Waals surface area contributed by atoms with Crippen LogP contribution in [0, 0.1) is 20.2 Å². The van der Waals surface area contributed by atoms with Crippen molar-refractivity contribution in [1.82, 2.24) is 5.43 Å². The van der Waals surface area contributed by atoms with Crippen LogP contribution in [0.15, 0.2) is 59.7 Å². The normalized spacial score (nSPS) is 10.8. The smallest absolute Gasteiger partial charge is 0.318 e. The zero-order chi connectivity index (χ0) is 21.7. The molecule has 0 unspecified atom stereocenters. The fraction of sp³-hybridized carbons (Fsp3) is 0.0526. The molecule has 30 heavy (non-hydrogen) atoms. The van der Waals surface area contributed by atoms with Crippen LogP contribution in [0.5, 0.6) is 5.75 Å². The number of non-ortho nitro benzene ring substituents is 1. The number of nitrogens with one attached hydrogen (secondary N) is 2. The quantitative estimate of drug-likeness (QED) is 0.307. The molecule has 0 heterocycles. The molecule has 3 rings (SSSR count). The fourth-order valence-corrected chi connectivity index (χ4v) is 2.66. The number of benzene rings is 3. The second-order valence-electron chi connectivity index (χ2n) is 6.13. The van der Waals surface area contributed by atoms with Gasteiger partial charge in [-0.1, -0.05) is 30.3 Å². The van der Waals surface area contributed by atoms with E-state index in [0.717, 1.165) is 28.7 Å². The van der Waals surface area contributed by atoms with Gasteiger partial charge in [-0.15, -0.1) is 0 Å². The Morgan fingerprint density at radius 3 is 2.47 bits per heavy atom. The van der Waals surface area contributed by atoms with Crippen LogP contribution in [0.4, 0.5) is 17.1 Å². The number of amides is 1. The van der Waals surface area contributed by atoms with Crippen molar-refractivity contribution < 1.29 is 19.7 Å². The van der Waals surface area contributed by atoms with E-state index in [9.17, 15) is 30.1 Å². The topological polar surface area (TPSA) is 160 Å². The second-order valence-corrected chi connectivity index (χ2v) is 6.13. The van der Waals surface area contributed by atoms with E-state index < -0.39 is 32.9 Å². The first kappa shape index (κ1) is 20.2. The average Bonchev–Trinajstić information content (AvgIpc) is 2.72. The van der Waals surface area contributed by atoms with Crippen LogP contribution < -0.4 is 10.7 Å². The lowest BCUT2D eigenvalue weighted by molar-refractivity contribution is -0.394. The van der Waals surface area contributed by atoms with Crippen molar-refractivity contribution in [3.05, 3.63) is 80.4 Å². The fourth-order valence-electron chi connectivity index (χ4n) is 2.66. The van der Waals surface area contributed by atoms with E-state index in [1.165, 1.54) is 0 Å². The van der Waals surface area contributed by atoms with Crippen molar-refractivity contribution in [3.8, 4) is 5.75 Å². The lowest BCUT2D eigenvalue weighted by Crippen LogP contribution is -2.25. The molecule has 0 aliphatic heterocycles. The summed E-state index contributed by atoms with van der Waals surface area (Å²) in [5.74, 6) is -1.32. The molecule has 0 saturated heterocycles. The summed E-state index contributed by atoms with van der Waals surface area (Å²) >= 11 is 0. The Bertz CT molecular complexity index is 1180. The molecule has 0 saturated carbocycles. The largest absolute Gasteiger partial charge is 0.502 e. The molecule has 0 aromatic heterocycles. The van der Waals surface area contributed by atoms with Crippen molar-refractivity contribution >= 4 is 40.0 Å². The number of hydrazone groups is 1. The van der Waals surface area contributed by atoms with E-state index in [1.807, 2.05) is 42.5 Å². The van der Waals surface area contributed by atoms with E-state index in [1.54, 1.807) is 0 Å². The molecule has 0 fully saturated rings. The van der Waals surface area contributed by atoms with Crippen molar-refractivity contribution in [2.24, 2.45) is 5.10 Å². The highest BCUT2D eigenvalue weighted by molar-refractivity contribution is 5.89. The Balaban J connectivity index is 1.65. The maximum absolute atomic E-state index is 11.9. The highest BCUT2D eigenvalue weighted by atomic mass is 16.6. The van der Waals surface area contributed by atoms with Crippen LogP contribution in [0.1, 0.15) is 5.56 Å². The van der Waals surface area contributed by atoms with E-state index >= 15 is 0 Å². The monoisotopic (exact) mass is 409 g/mol. The van der Waals surface area contributed by atoms with E-state index in [0.29, 0.717) is 6.07 Å². The van der Waals surface area contributed by atoms with E-state index in [-0.39, 0.29) is 12.1 Å². The number of anilines is 1. The van der Waals surface area contributed by atoms with Crippen LogP contribution in [-0.2, 0) is 4.79 Å². The van der Waals surface area contributed by atoms with Gasteiger partial charge < -0.3 is 10.4 Å². The predicted molar refractivity (Wildman–Crippen MR) is 110 cm³/mol. The summed E-state index contributed by atoms with van der Waals surface area (Å²) in [5, 5.41) is 40.3. The van der Waals surface area contributed by atoms with E-state index in [2.05, 4.69) is 15.8 Å². The van der Waals surface area contributed by atoms with Gasteiger partial charge in [0.05, 0.1) is 34.2 Å². The molecule has 0 spiro atoms. The van der Waals surface area contributed by atoms with Crippen LogP contribution in [-0.4, -0.2) is 33.6 Å². The number of carbonyl (C=O) groups excluding carboxylic acids is 1. The Hall–Kier alpha value is -4.54. The number of hydrogen-bond donors (Lipinski definition) is 3. The third kappa shape index (κ3) is 4.65. The Kier molecular flexibility index (Phi) is 5.82. The molecule has 3 aromatic carbocycles. The number of nitro groups is 2. The molecular weight excluding hydrogens is 394 g/mol. The lowest BCUT2D eigenvalue weighted by Gasteiger charge is -2.07. The van der Waals surface area contributed by atoms with Gasteiger partial charge in [-0.25, -0.2) is 5.43 Å². The highest BCUT2D eigenvalue weighted by Crippen LogP contribution is 2.33. The van der Waals surface area contributed by atoms with Crippen LogP contribution in [0.3, 0.4) is 0 Å². The van der Waals surface area contributed by atoms with Gasteiger partial charge in [-0.2, -0.15) is 5.10 Å². The van der Waals surface area contributed by atoms with Crippen molar-refractivity contribution in [2.75, 3.05) is 11.9 Å². The second kappa shape index (κ2) is 8.65. The number of phenolic OH excluding ortho intramolecular Hbond substituents is 1. The zero-order valence-corrected chi connectivity index (χ0v) is 15.3. The zero-order valence-electron chi connectivity index (χ0n) is 15.3. The third-order valence-electron chi connectivity index (χ3n) is 4.11. The van der Waals surface area contributed by atoms with Crippen molar-refractivity contribution in [3.63, 3.8) is 0 Å². The van der Waals surface area contributed by atoms with Gasteiger partial charge in [0, 0.05) is 11.8 Å². The van der Waals surface area contributed by atoms with Gasteiger partial charge in [0.1, 0.15) is 0 Å². The number of aromatic hydroxyl groups is 1. The molecule has 0 aliphatic carbocycles. The molecule has 0 bridgehead atoms. The van der Waals surface area contributed by atoms with Gasteiger partial charge in [0.25, 0.3) is 11.6 Å². The molecule has 3 aromatic rings. The Morgan fingerprint density at radius 1 is 1.03 bits per heavy atom. The first-order chi connectivity index (χ1) is 14.3. The molecular formula is C19H15N5O6. The summed E-state index contributed by atoms with van der Waals surface area (Å²) in [6.45, 7) is -0.114. The van der Waals surface area contributed by atoms with Crippen LogP contribution in [0.2, 0.25) is 0 Å². The molecule has 0 aliphatic rings. The van der Waals surface area contributed by atoms with Crippen LogP contribution >= 0.6 is 0 Å². The third-order valence-corrected chi connectivity index (χ3v) is 4.11. The van der Waals surface area contributed by atoms with Gasteiger partial charge in [-0.05, 0) is 22.9 Å². The van der Waals surface area contributed by atoms with Gasteiger partial charge in [0.15, 0.2) is 0 Å². The summed E-state index contributed by atoms with van der Waals surface area (Å²) in [6, 6.07) is 14.9. The molecule has 3 N–H and O–H groups in total. The lowest BCUT2D eigenvalue weighted by atomic mass is 10.1. The minimum Gasteiger partial charge on any atom is -0.502 e. The Labute approximate surface area is 168 Å². The summed E-state index contributed by atoms with van der Waals surface area (Å²) in [4.78, 5) is 32.0. The van der Waals surface area contributed by atoms with Crippen molar-refractivity contribution in [2.45, 2.75) is 0 Å². The van der Waals surface area contributed by atoms with Gasteiger partial charge in [0.2, 0.25) is 5.75 Å². The van der Waals surface area contributed by atoms with Gasteiger partial charge >= 0.3 is 5.69 Å². The molecule has 152 valence electrons. The summed E-state index contributed by atoms with van der Waals surface area (Å²) in [6.07, 6.45) is 0.892. The maximum Gasteiger partial charge on any atom is 0.318 e. The number of nitrogens with zero attached hydrogens (tertiary/aromatic N) is 3. The summed E-state index contributed by atoms with van der Waals surface area (Å²) < 4.78 is 0. The number of hydrogen-bond acceptors (Lipinski definition) is 8. The van der Waals surface area contributed by atoms with Crippen LogP contribution in [0.25, 0.3) is 10.8 Å². The summed E-state index contributed by atoms with van der Waals surface area (Å²) in [5.41, 5.74) is 1.19. The number of nitro benzene ring substituents is 2. The molecule has 11 nitrogen and oxygen atoms in total. The number of carbonyl (C=O) groups is 1. The first-order valence-corrected chi connectivity index (χ1v) is 8.55. The molecule has 0 radical (unpaired) electrons. The number of rotatable bonds is 7. The maximum atomic E-state index is 11.9. The molecule has 11 heteroatoms. The number of fused-ring (bicyclic) bond motifs is 1. The average molecular weight is 409 g/mol. The Morgan fingerprint density at radius 2 is 1.77 bits per heavy atom. The standard InChI is InChI=1S/C19H15N5O6/c25-18(11-20-15-6-5-12-3-1-2-4-13(12)7-15)22-21-10-14-8-16(23(27)28)9-17(19(14)26)24(29)30/h1-10,20,26H,11H2,(H,22,25)/b21-10-. The van der Waals surface area contributed by atoms with Gasteiger partial charge in [-0.3, -0.25) is 25.0 Å². The number of phenols is 1. The molecule has 0 atom stereocenters. The minimum atomic E-state index is -0.953. The molecule has 1 amide bonds. The highest BCUT2D eigenvalue weighted by Gasteiger charge is 2.23. The minimum absolute atomic E-state index is 0.114. The van der Waals surface area contributed by atoms with Crippen molar-refractivity contribution in [1.29, 1.82) is 0 Å². The predicted octanol–water partition coefficient (Wildman–Crippen LogP) is 2.92. The van der Waals surface area contributed by atoms with E-state index in [4.69, 9.17) is 0 Å². The first-order valence-electron chi connectivity index (χ1n) is 8.55. The summed E-state index contributed by atoms with van der Waals surface area (Å²) in [7, 11) is 0. The SMILES string of the molecule is O=C(CNc1ccc2ccccc2c1)N/N=C\c1cc([N+](=O)[O-])cc([N+](=O)[O-])c1O.